The number of amides is 4. The smallest absolute Gasteiger partial charge is 0.251 e. The van der Waals surface area contributed by atoms with E-state index in [0.717, 1.165) is 82.4 Å². The maximum atomic E-state index is 16.2. The summed E-state index contributed by atoms with van der Waals surface area (Å²) in [6.07, 6.45) is 6.81. The molecule has 3 aromatic rings. The molecule has 0 aliphatic carbocycles. The van der Waals surface area contributed by atoms with Crippen molar-refractivity contribution in [3.63, 3.8) is 0 Å². The molecule has 3 N–H and O–H groups in total. The Kier molecular flexibility index (Phi) is 13.9. The van der Waals surface area contributed by atoms with Crippen LogP contribution in [0, 0.1) is 34.7 Å². The van der Waals surface area contributed by atoms with E-state index in [9.17, 15) is 33.1 Å². The number of hydrogen-bond donors (Lipinski definition) is 3. The lowest BCUT2D eigenvalue weighted by Crippen LogP contribution is -2.63. The number of carbonyl (C=O) groups is 4. The minimum absolute atomic E-state index is 0.0294. The number of phenolic OH excluding ortho intramolecular Hbond substituents is 1. The number of imide groups is 1. The first-order chi connectivity index (χ1) is 31.3. The van der Waals surface area contributed by atoms with Gasteiger partial charge in [-0.05, 0) is 86.6 Å². The molecule has 9 rings (SSSR count). The highest BCUT2D eigenvalue weighted by atomic mass is 19.1. The third-order valence-electron chi connectivity index (χ3n) is 14.8. The van der Waals surface area contributed by atoms with Crippen LogP contribution in [0.5, 0.6) is 11.5 Å². The number of nitrogens with one attached hydrogen (secondary N) is 2. The number of halogens is 3. The first-order valence-electron chi connectivity index (χ1n) is 23.4. The van der Waals surface area contributed by atoms with Gasteiger partial charge in [0.15, 0.2) is 11.6 Å². The van der Waals surface area contributed by atoms with E-state index in [1.807, 2.05) is 19.9 Å². The quantitative estimate of drug-likeness (QED) is 0.144. The molecule has 13 nitrogen and oxygen atoms in total. The molecule has 5 saturated heterocycles. The van der Waals surface area contributed by atoms with Crippen molar-refractivity contribution >= 4 is 40.7 Å². The average molecular weight is 902 g/mol. The van der Waals surface area contributed by atoms with Gasteiger partial charge in [0.2, 0.25) is 17.7 Å². The van der Waals surface area contributed by atoms with Crippen LogP contribution in [0.4, 0.5) is 30.2 Å². The van der Waals surface area contributed by atoms with Crippen LogP contribution >= 0.6 is 0 Å². The van der Waals surface area contributed by atoms with Crippen molar-refractivity contribution in [1.29, 1.82) is 0 Å². The molecule has 1 atom stereocenters. The average Bonchev–Trinajstić information content (AvgIpc) is 3.68. The molecule has 350 valence electrons. The Bertz CT molecular complexity index is 2250. The molecule has 0 radical (unpaired) electrons. The van der Waals surface area contributed by atoms with Crippen LogP contribution in [0.25, 0.3) is 0 Å². The van der Waals surface area contributed by atoms with Crippen molar-refractivity contribution in [2.24, 2.45) is 17.3 Å². The van der Waals surface area contributed by atoms with Crippen LogP contribution in [0.15, 0.2) is 42.5 Å². The van der Waals surface area contributed by atoms with Crippen molar-refractivity contribution < 1.29 is 42.2 Å². The van der Waals surface area contributed by atoms with Gasteiger partial charge in [0, 0.05) is 120 Å². The van der Waals surface area contributed by atoms with Gasteiger partial charge in [-0.1, -0.05) is 13.8 Å². The number of benzene rings is 3. The number of carbonyl (C=O) groups excluding carboxylic acids is 4. The number of β-lactam (4-membered cyclic amide) rings is 1. The Morgan fingerprint density at radius 1 is 0.738 bits per heavy atom. The van der Waals surface area contributed by atoms with Gasteiger partial charge in [-0.15, -0.1) is 0 Å². The molecule has 0 aromatic heterocycles. The van der Waals surface area contributed by atoms with E-state index in [1.165, 1.54) is 36.6 Å². The van der Waals surface area contributed by atoms with Crippen molar-refractivity contribution in [2.45, 2.75) is 84.2 Å². The number of piperazine rings is 1. The Balaban J connectivity index is 0.000000651. The maximum absolute atomic E-state index is 16.2. The number of fused-ring (bicyclic) bond motifs is 1. The molecule has 4 amide bonds. The Morgan fingerprint density at radius 3 is 1.89 bits per heavy atom. The number of methoxy groups -OCH3 is 1. The molecule has 65 heavy (non-hydrogen) atoms. The minimum Gasteiger partial charge on any atom is -0.503 e. The van der Waals surface area contributed by atoms with Crippen LogP contribution < -0.4 is 30.1 Å². The number of hydrogen-bond acceptors (Lipinski definition) is 10. The highest BCUT2D eigenvalue weighted by Crippen LogP contribution is 2.59. The molecule has 1 unspecified atom stereocenters. The monoisotopic (exact) mass is 901 g/mol. The molecule has 3 aromatic carbocycles. The van der Waals surface area contributed by atoms with Gasteiger partial charge in [0.1, 0.15) is 17.4 Å². The van der Waals surface area contributed by atoms with Crippen molar-refractivity contribution in [1.82, 2.24) is 20.4 Å². The summed E-state index contributed by atoms with van der Waals surface area (Å²) in [6, 6.07) is 10.0. The zero-order valence-electron chi connectivity index (χ0n) is 37.8. The maximum Gasteiger partial charge on any atom is 0.251 e. The first kappa shape index (κ1) is 46.2. The minimum atomic E-state index is -1.17. The molecule has 0 saturated carbocycles. The van der Waals surface area contributed by atoms with Gasteiger partial charge < -0.3 is 34.8 Å². The standard InChI is InChI=1S/C44H55F3N6O4.C5H7NO2/c1-4-44(5-2)41(53(43(44)56)38-22-31(45)21-36(47)40(38)54)34-23-35(46)37(24-39(34)57-3)52-14-10-29(11-15-52)27-50-18-16-49(17-19-50)26-28-8-12-51(13-9-28)32-6-7-33-30(20-32)25-48-42(33)55;7-4-2-1-3-5(8)6-4/h6-7,20-24,28-29,41,54H,4-5,8-19,25-27H2,1-3H3,(H,48,55);1-3H2,(H,6,7,8). The van der Waals surface area contributed by atoms with E-state index in [4.69, 9.17) is 4.74 Å². The van der Waals surface area contributed by atoms with Crippen LogP contribution in [0.3, 0.4) is 0 Å². The zero-order chi connectivity index (χ0) is 46.0. The van der Waals surface area contributed by atoms with E-state index >= 15 is 4.39 Å². The summed E-state index contributed by atoms with van der Waals surface area (Å²) >= 11 is 0. The van der Waals surface area contributed by atoms with Crippen LogP contribution in [0.1, 0.15) is 99.2 Å². The number of anilines is 3. The first-order valence-corrected chi connectivity index (χ1v) is 23.4. The molecule has 6 heterocycles. The Morgan fingerprint density at radius 2 is 1.34 bits per heavy atom. The molecule has 16 heteroatoms. The highest BCUT2D eigenvalue weighted by Gasteiger charge is 2.61. The number of nitrogens with zero attached hydrogens (tertiary/aromatic N) is 5. The normalized spacial score (nSPS) is 21.9. The molecule has 5 fully saturated rings. The molecule has 0 bridgehead atoms. The van der Waals surface area contributed by atoms with Crippen LogP contribution in [-0.2, 0) is 20.9 Å². The van der Waals surface area contributed by atoms with Crippen molar-refractivity contribution in [3.8, 4) is 11.5 Å². The van der Waals surface area contributed by atoms with Gasteiger partial charge in [0.05, 0.1) is 29.9 Å². The van der Waals surface area contributed by atoms with E-state index in [2.05, 4.69) is 42.4 Å². The summed E-state index contributed by atoms with van der Waals surface area (Å²) in [7, 11) is 1.50. The SMILES string of the molecule is CCC1(CC)C(=O)N(c2cc(F)cc(F)c2O)C1c1cc(F)c(N2CCC(CN3CCN(CC4CCN(c5ccc6c(c5)CNC6=O)CC4)CC3)CC2)cc1OC.O=C1CCCC(=O)N1. The van der Waals surface area contributed by atoms with Crippen molar-refractivity contribution in [2.75, 3.05) is 87.3 Å². The predicted octanol–water partition coefficient (Wildman–Crippen LogP) is 6.52. The lowest BCUT2D eigenvalue weighted by molar-refractivity contribution is -0.141. The summed E-state index contributed by atoms with van der Waals surface area (Å²) < 4.78 is 50.8. The topological polar surface area (TPSA) is 138 Å². The lowest BCUT2D eigenvalue weighted by atomic mass is 9.64. The number of phenols is 1. The second-order valence-corrected chi connectivity index (χ2v) is 18.6. The largest absolute Gasteiger partial charge is 0.503 e. The Labute approximate surface area is 379 Å². The summed E-state index contributed by atoms with van der Waals surface area (Å²) in [5.41, 5.74) is 2.73. The molecule has 6 aliphatic rings. The van der Waals surface area contributed by atoms with Gasteiger partial charge in [0.25, 0.3) is 5.91 Å². The van der Waals surface area contributed by atoms with Crippen molar-refractivity contribution in [3.05, 3.63) is 76.6 Å². The highest BCUT2D eigenvalue weighted by molar-refractivity contribution is 6.07. The summed E-state index contributed by atoms with van der Waals surface area (Å²) in [6.45, 7) is 14.4. The van der Waals surface area contributed by atoms with Crippen LogP contribution in [0.2, 0.25) is 0 Å². The van der Waals surface area contributed by atoms with Crippen LogP contribution in [-0.4, -0.2) is 111 Å². The van der Waals surface area contributed by atoms with E-state index in [0.29, 0.717) is 86.6 Å². The summed E-state index contributed by atoms with van der Waals surface area (Å²) in [5.74, 6) is -2.38. The third kappa shape index (κ3) is 9.51. The molecular formula is C49H62F3N7O6. The Hall–Kier alpha value is -5.35. The van der Waals surface area contributed by atoms with E-state index in [1.54, 1.807) is 6.07 Å². The number of piperidine rings is 3. The van der Waals surface area contributed by atoms with Gasteiger partial charge in [-0.2, -0.15) is 0 Å². The summed E-state index contributed by atoms with van der Waals surface area (Å²) in [4.78, 5) is 57.2. The second-order valence-electron chi connectivity index (χ2n) is 18.6. The fraction of sp³-hybridized carbons (Fsp3) is 0.551. The second kappa shape index (κ2) is 19.6. The molecule has 6 aliphatic heterocycles. The van der Waals surface area contributed by atoms with Gasteiger partial charge in [-0.3, -0.25) is 29.4 Å². The lowest BCUT2D eigenvalue weighted by Gasteiger charge is -2.56. The van der Waals surface area contributed by atoms with E-state index in [-0.39, 0.29) is 29.3 Å². The van der Waals surface area contributed by atoms with E-state index < -0.39 is 34.7 Å². The number of aromatic hydroxyl groups is 1. The number of rotatable bonds is 11. The molecular weight excluding hydrogens is 840 g/mol. The fourth-order valence-electron chi connectivity index (χ4n) is 10.9. The van der Waals surface area contributed by atoms with Gasteiger partial charge in [-0.25, -0.2) is 13.2 Å². The predicted molar refractivity (Wildman–Crippen MR) is 242 cm³/mol. The fourth-order valence-corrected chi connectivity index (χ4v) is 10.9. The molecule has 0 spiro atoms. The van der Waals surface area contributed by atoms with Gasteiger partial charge >= 0.3 is 0 Å². The zero-order valence-corrected chi connectivity index (χ0v) is 37.8. The summed E-state index contributed by atoms with van der Waals surface area (Å²) in [5, 5.41) is 15.7. The third-order valence-corrected chi connectivity index (χ3v) is 14.8. The number of ether oxygens (including phenoxy) is 1.